The van der Waals surface area contributed by atoms with Crippen molar-refractivity contribution in [3.63, 3.8) is 0 Å². The van der Waals surface area contributed by atoms with E-state index >= 15 is 0 Å². The van der Waals surface area contributed by atoms with Gasteiger partial charge in [-0.15, -0.1) is 0 Å². The first-order valence-corrected chi connectivity index (χ1v) is 7.23. The number of hydrogen-bond donors (Lipinski definition) is 0. The third kappa shape index (κ3) is 1.70. The zero-order valence-corrected chi connectivity index (χ0v) is 13.3. The maximum Gasteiger partial charge on any atom is 0.257 e. The molecule has 0 atom stereocenters. The van der Waals surface area contributed by atoms with E-state index in [9.17, 15) is 4.79 Å². The molecule has 4 nitrogen and oxygen atoms in total. The normalized spacial score (nSPS) is 14.2. The molecule has 0 unspecified atom stereocenters. The maximum atomic E-state index is 12.4. The first-order chi connectivity index (χ1) is 8.59. The molecule has 6 heteroatoms. The Morgan fingerprint density at radius 2 is 2.22 bits per heavy atom. The molecular weight excluding hydrogens is 409 g/mol. The van der Waals surface area contributed by atoms with Crippen molar-refractivity contribution in [3.05, 3.63) is 44.0 Å². The van der Waals surface area contributed by atoms with Crippen LogP contribution in [0.15, 0.2) is 29.0 Å². The molecule has 0 spiro atoms. The predicted molar refractivity (Wildman–Crippen MR) is 79.8 cm³/mol. The predicted octanol–water partition coefficient (Wildman–Crippen LogP) is 2.83. The molecule has 1 amide bonds. The molecule has 2 aromatic rings. The Morgan fingerprint density at radius 3 is 3.00 bits per heavy atom. The van der Waals surface area contributed by atoms with Crippen molar-refractivity contribution in [2.24, 2.45) is 0 Å². The molecule has 0 aliphatic carbocycles. The number of carbonyl (C=O) groups excluding carboxylic acids is 1. The van der Waals surface area contributed by atoms with E-state index in [4.69, 9.17) is 0 Å². The Hall–Kier alpha value is -0.890. The zero-order chi connectivity index (χ0) is 12.9. The minimum atomic E-state index is 0.0250. The van der Waals surface area contributed by atoms with Crippen molar-refractivity contribution in [1.82, 2.24) is 14.5 Å². The van der Waals surface area contributed by atoms with E-state index < -0.39 is 0 Å². The average molecular weight is 418 g/mol. The van der Waals surface area contributed by atoms with Gasteiger partial charge in [-0.2, -0.15) is 0 Å². The Kier molecular flexibility index (Phi) is 2.93. The number of fused-ring (bicyclic) bond motifs is 3. The van der Waals surface area contributed by atoms with Crippen LogP contribution in [0.3, 0.4) is 0 Å². The fourth-order valence-corrected chi connectivity index (χ4v) is 3.19. The summed E-state index contributed by atoms with van der Waals surface area (Å²) >= 11 is 5.66. The number of nitrogens with zero attached hydrogens (tertiary/aromatic N) is 3. The van der Waals surface area contributed by atoms with E-state index in [0.717, 1.165) is 19.6 Å². The van der Waals surface area contributed by atoms with Gasteiger partial charge in [-0.3, -0.25) is 9.36 Å². The van der Waals surface area contributed by atoms with E-state index in [2.05, 4.69) is 43.5 Å². The van der Waals surface area contributed by atoms with E-state index in [1.54, 1.807) is 11.2 Å². The largest absolute Gasteiger partial charge is 0.336 e. The standard InChI is InChI=1S/C12H9BrIN3O/c1-16-5-9-11(14)15-6-17(9)8-4-2-3-7(13)10(8)12(16)18/h2-4,6H,5H2,1H3. The lowest BCUT2D eigenvalue weighted by Gasteiger charge is -2.14. The van der Waals surface area contributed by atoms with Gasteiger partial charge in [0.15, 0.2) is 0 Å². The Labute approximate surface area is 126 Å². The van der Waals surface area contributed by atoms with Gasteiger partial charge in [-0.05, 0) is 50.7 Å². The van der Waals surface area contributed by atoms with Crippen molar-refractivity contribution in [3.8, 4) is 5.69 Å². The zero-order valence-electron chi connectivity index (χ0n) is 9.52. The molecule has 0 bridgehead atoms. The summed E-state index contributed by atoms with van der Waals surface area (Å²) < 4.78 is 3.73. The van der Waals surface area contributed by atoms with Crippen molar-refractivity contribution in [2.75, 3.05) is 7.05 Å². The second kappa shape index (κ2) is 4.34. The molecule has 0 saturated heterocycles. The van der Waals surface area contributed by atoms with Crippen molar-refractivity contribution in [2.45, 2.75) is 6.54 Å². The van der Waals surface area contributed by atoms with Crippen molar-refractivity contribution >= 4 is 44.4 Å². The number of benzene rings is 1. The summed E-state index contributed by atoms with van der Waals surface area (Å²) in [5, 5.41) is 0. The minimum Gasteiger partial charge on any atom is -0.336 e. The van der Waals surface area contributed by atoms with E-state index in [1.165, 1.54) is 0 Å². The summed E-state index contributed by atoms with van der Waals surface area (Å²) in [5.74, 6) is 0.0250. The van der Waals surface area contributed by atoms with Crippen LogP contribution >= 0.6 is 38.5 Å². The van der Waals surface area contributed by atoms with Gasteiger partial charge in [0, 0.05) is 11.5 Å². The van der Waals surface area contributed by atoms with Crippen LogP contribution in [0.4, 0.5) is 0 Å². The number of halogens is 2. The van der Waals surface area contributed by atoms with Crippen LogP contribution in [0.5, 0.6) is 0 Å². The van der Waals surface area contributed by atoms with Crippen LogP contribution in [0.25, 0.3) is 5.69 Å². The molecule has 0 N–H and O–H groups in total. The average Bonchev–Trinajstić information content (AvgIpc) is 2.64. The highest BCUT2D eigenvalue weighted by Gasteiger charge is 2.27. The van der Waals surface area contributed by atoms with Crippen molar-refractivity contribution < 1.29 is 4.79 Å². The molecule has 0 saturated carbocycles. The summed E-state index contributed by atoms with van der Waals surface area (Å²) in [5.41, 5.74) is 2.61. The molecule has 1 aromatic heterocycles. The van der Waals surface area contributed by atoms with Crippen LogP contribution in [0, 0.1) is 3.70 Å². The van der Waals surface area contributed by atoms with Crippen LogP contribution in [0.2, 0.25) is 0 Å². The van der Waals surface area contributed by atoms with E-state index in [-0.39, 0.29) is 5.91 Å². The quantitative estimate of drug-likeness (QED) is 0.618. The summed E-state index contributed by atoms with van der Waals surface area (Å²) in [4.78, 5) is 18.4. The van der Waals surface area contributed by atoms with Gasteiger partial charge in [-0.1, -0.05) is 6.07 Å². The third-order valence-electron chi connectivity index (χ3n) is 3.01. The van der Waals surface area contributed by atoms with Gasteiger partial charge >= 0.3 is 0 Å². The van der Waals surface area contributed by atoms with Crippen LogP contribution in [0.1, 0.15) is 16.1 Å². The molecule has 92 valence electrons. The maximum absolute atomic E-state index is 12.4. The number of hydrogen-bond acceptors (Lipinski definition) is 2. The highest BCUT2D eigenvalue weighted by atomic mass is 127. The van der Waals surface area contributed by atoms with Gasteiger partial charge in [0.25, 0.3) is 5.91 Å². The molecule has 0 fully saturated rings. The first kappa shape index (κ1) is 12.2. The molecule has 1 aliphatic heterocycles. The fraction of sp³-hybridized carbons (Fsp3) is 0.167. The monoisotopic (exact) mass is 417 g/mol. The van der Waals surface area contributed by atoms with Crippen LogP contribution < -0.4 is 0 Å². The number of aromatic nitrogens is 2. The Balaban J connectivity index is 2.37. The van der Waals surface area contributed by atoms with Gasteiger partial charge in [0.2, 0.25) is 0 Å². The topological polar surface area (TPSA) is 38.1 Å². The Morgan fingerprint density at radius 1 is 1.44 bits per heavy atom. The molecule has 2 heterocycles. The van der Waals surface area contributed by atoms with Gasteiger partial charge < -0.3 is 4.90 Å². The SMILES string of the molecule is CN1Cc2c(I)ncn2-c2cccc(Br)c2C1=O. The molecule has 18 heavy (non-hydrogen) atoms. The second-order valence-electron chi connectivity index (χ2n) is 4.15. The lowest BCUT2D eigenvalue weighted by molar-refractivity contribution is 0.0787. The molecule has 0 radical (unpaired) electrons. The number of imidazole rings is 1. The molecule has 1 aliphatic rings. The van der Waals surface area contributed by atoms with Gasteiger partial charge in [-0.25, -0.2) is 4.98 Å². The number of rotatable bonds is 0. The first-order valence-electron chi connectivity index (χ1n) is 5.35. The minimum absolute atomic E-state index is 0.0250. The van der Waals surface area contributed by atoms with Gasteiger partial charge in [0.05, 0.1) is 23.5 Å². The smallest absolute Gasteiger partial charge is 0.257 e. The lowest BCUT2D eigenvalue weighted by atomic mass is 10.1. The Bertz CT molecular complexity index is 653. The van der Waals surface area contributed by atoms with Crippen molar-refractivity contribution in [1.29, 1.82) is 0 Å². The van der Waals surface area contributed by atoms with Crippen LogP contribution in [-0.4, -0.2) is 27.4 Å². The number of carbonyl (C=O) groups is 1. The third-order valence-corrected chi connectivity index (χ3v) is 4.58. The van der Waals surface area contributed by atoms with Gasteiger partial charge in [0.1, 0.15) is 10.0 Å². The van der Waals surface area contributed by atoms with Crippen LogP contribution in [-0.2, 0) is 6.54 Å². The molecule has 3 rings (SSSR count). The summed E-state index contributed by atoms with van der Waals surface area (Å²) in [6.45, 7) is 0.568. The highest BCUT2D eigenvalue weighted by Crippen LogP contribution is 2.30. The lowest BCUT2D eigenvalue weighted by Crippen LogP contribution is -2.25. The second-order valence-corrected chi connectivity index (χ2v) is 6.02. The highest BCUT2D eigenvalue weighted by molar-refractivity contribution is 14.1. The summed E-state index contributed by atoms with van der Waals surface area (Å²) in [6, 6.07) is 5.76. The fourth-order valence-electron chi connectivity index (χ4n) is 2.11. The summed E-state index contributed by atoms with van der Waals surface area (Å²) in [6.07, 6.45) is 1.77. The van der Waals surface area contributed by atoms with E-state index in [1.807, 2.05) is 29.8 Å². The van der Waals surface area contributed by atoms with E-state index in [0.29, 0.717) is 12.1 Å². The summed E-state index contributed by atoms with van der Waals surface area (Å²) in [7, 11) is 1.81. The molecule has 1 aromatic carbocycles. The number of amides is 1. The molecular formula is C12H9BrIN3O.